The molecule has 1 heterocycles. The number of aliphatic carboxylic acids is 1. The van der Waals surface area contributed by atoms with Crippen molar-refractivity contribution in [1.82, 2.24) is 4.90 Å². The SMILES string of the molecule is O=C(O)C(C1CC1)N1CC2(CCCCCC2)C1. The fraction of sp³-hybridized carbons (Fsp3) is 0.929. The van der Waals surface area contributed by atoms with Crippen molar-refractivity contribution in [1.29, 1.82) is 0 Å². The minimum atomic E-state index is -0.587. The highest BCUT2D eigenvalue weighted by Crippen LogP contribution is 2.47. The van der Waals surface area contributed by atoms with Gasteiger partial charge in [-0.2, -0.15) is 0 Å². The van der Waals surface area contributed by atoms with E-state index in [0.29, 0.717) is 11.3 Å². The predicted octanol–water partition coefficient (Wildman–Crippen LogP) is 2.51. The summed E-state index contributed by atoms with van der Waals surface area (Å²) in [6.45, 7) is 2.11. The topological polar surface area (TPSA) is 40.5 Å². The number of rotatable bonds is 3. The van der Waals surface area contributed by atoms with E-state index in [1.54, 1.807) is 0 Å². The van der Waals surface area contributed by atoms with Gasteiger partial charge in [0.25, 0.3) is 0 Å². The van der Waals surface area contributed by atoms with Crippen LogP contribution in [0.1, 0.15) is 51.4 Å². The van der Waals surface area contributed by atoms with Crippen LogP contribution in [0, 0.1) is 11.3 Å². The summed E-state index contributed by atoms with van der Waals surface area (Å²) in [6.07, 6.45) is 10.4. The summed E-state index contributed by atoms with van der Waals surface area (Å²) < 4.78 is 0. The molecular formula is C14H23NO2. The van der Waals surface area contributed by atoms with Crippen molar-refractivity contribution in [3.05, 3.63) is 0 Å². The molecule has 3 heteroatoms. The van der Waals surface area contributed by atoms with Crippen LogP contribution in [0.4, 0.5) is 0 Å². The quantitative estimate of drug-likeness (QED) is 0.820. The van der Waals surface area contributed by atoms with E-state index in [2.05, 4.69) is 4.90 Å². The molecule has 0 aromatic rings. The van der Waals surface area contributed by atoms with E-state index in [1.165, 1.54) is 38.5 Å². The van der Waals surface area contributed by atoms with Gasteiger partial charge in [-0.25, -0.2) is 0 Å². The Balaban J connectivity index is 1.60. The fourth-order valence-electron chi connectivity index (χ4n) is 3.87. The fourth-order valence-corrected chi connectivity index (χ4v) is 3.87. The van der Waals surface area contributed by atoms with Gasteiger partial charge < -0.3 is 5.11 Å². The van der Waals surface area contributed by atoms with E-state index in [9.17, 15) is 9.90 Å². The van der Waals surface area contributed by atoms with Crippen LogP contribution < -0.4 is 0 Å². The van der Waals surface area contributed by atoms with Gasteiger partial charge in [0.1, 0.15) is 6.04 Å². The second kappa shape index (κ2) is 4.27. The molecule has 1 spiro atoms. The number of hydrogen-bond acceptors (Lipinski definition) is 2. The molecule has 1 unspecified atom stereocenters. The lowest BCUT2D eigenvalue weighted by atomic mass is 9.72. The van der Waals surface area contributed by atoms with Crippen LogP contribution in [0.5, 0.6) is 0 Å². The summed E-state index contributed by atoms with van der Waals surface area (Å²) in [5.41, 5.74) is 0.499. The number of carbonyl (C=O) groups is 1. The standard InChI is InChI=1S/C14H23NO2/c16-13(17)12(11-5-6-11)15-9-14(10-15)7-3-1-2-4-8-14/h11-12H,1-10H2,(H,16,17). The molecule has 3 nitrogen and oxygen atoms in total. The largest absolute Gasteiger partial charge is 0.480 e. The molecule has 0 amide bonds. The van der Waals surface area contributed by atoms with Crippen LogP contribution in [0.25, 0.3) is 0 Å². The van der Waals surface area contributed by atoms with E-state index in [1.807, 2.05) is 0 Å². The molecule has 3 aliphatic rings. The van der Waals surface area contributed by atoms with Crippen LogP contribution in [0.2, 0.25) is 0 Å². The van der Waals surface area contributed by atoms with Crippen molar-refractivity contribution in [3.8, 4) is 0 Å². The first-order valence-electron chi connectivity index (χ1n) is 7.17. The Hall–Kier alpha value is -0.570. The number of carboxylic acid groups (broad SMARTS) is 1. The van der Waals surface area contributed by atoms with Gasteiger partial charge in [-0.15, -0.1) is 0 Å². The second-order valence-electron chi connectivity index (χ2n) is 6.44. The molecule has 96 valence electrons. The maximum atomic E-state index is 11.3. The highest BCUT2D eigenvalue weighted by atomic mass is 16.4. The Kier molecular flexibility index (Phi) is 2.89. The molecule has 0 aromatic heterocycles. The average Bonchev–Trinajstić information content (AvgIpc) is 3.01. The van der Waals surface area contributed by atoms with E-state index in [4.69, 9.17) is 0 Å². The lowest BCUT2D eigenvalue weighted by Gasteiger charge is -2.52. The predicted molar refractivity (Wildman–Crippen MR) is 65.9 cm³/mol. The number of likely N-dealkylation sites (tertiary alicyclic amines) is 1. The molecule has 2 saturated carbocycles. The highest BCUT2D eigenvalue weighted by Gasteiger charge is 2.50. The van der Waals surface area contributed by atoms with E-state index in [0.717, 1.165) is 25.9 Å². The summed E-state index contributed by atoms with van der Waals surface area (Å²) in [4.78, 5) is 13.6. The molecule has 3 rings (SSSR count). The molecule has 1 aliphatic heterocycles. The molecule has 2 aliphatic carbocycles. The molecule has 3 fully saturated rings. The van der Waals surface area contributed by atoms with Gasteiger partial charge in [0.2, 0.25) is 0 Å². The second-order valence-corrected chi connectivity index (χ2v) is 6.44. The average molecular weight is 237 g/mol. The summed E-state index contributed by atoms with van der Waals surface area (Å²) in [5.74, 6) is -0.133. The van der Waals surface area contributed by atoms with Crippen molar-refractivity contribution in [2.75, 3.05) is 13.1 Å². The van der Waals surface area contributed by atoms with Gasteiger partial charge in [0.05, 0.1) is 0 Å². The minimum absolute atomic E-state index is 0.163. The van der Waals surface area contributed by atoms with Gasteiger partial charge in [0, 0.05) is 13.1 Å². The van der Waals surface area contributed by atoms with Gasteiger partial charge >= 0.3 is 5.97 Å². The smallest absolute Gasteiger partial charge is 0.321 e. The van der Waals surface area contributed by atoms with Crippen molar-refractivity contribution in [2.24, 2.45) is 11.3 Å². The molecular weight excluding hydrogens is 214 g/mol. The Morgan fingerprint density at radius 1 is 1.12 bits per heavy atom. The van der Waals surface area contributed by atoms with E-state index >= 15 is 0 Å². The van der Waals surface area contributed by atoms with Gasteiger partial charge in [0.15, 0.2) is 0 Å². The summed E-state index contributed by atoms with van der Waals surface area (Å²) >= 11 is 0. The molecule has 1 N–H and O–H groups in total. The maximum absolute atomic E-state index is 11.3. The monoisotopic (exact) mass is 237 g/mol. The number of hydrogen-bond donors (Lipinski definition) is 1. The van der Waals surface area contributed by atoms with Crippen molar-refractivity contribution >= 4 is 5.97 Å². The third kappa shape index (κ3) is 2.22. The number of nitrogens with zero attached hydrogens (tertiary/aromatic N) is 1. The molecule has 0 aromatic carbocycles. The van der Waals surface area contributed by atoms with Crippen LogP contribution in [0.3, 0.4) is 0 Å². The third-order valence-corrected chi connectivity index (χ3v) is 4.96. The Morgan fingerprint density at radius 2 is 1.71 bits per heavy atom. The molecule has 0 radical (unpaired) electrons. The maximum Gasteiger partial charge on any atom is 0.321 e. The first-order valence-corrected chi connectivity index (χ1v) is 7.17. The third-order valence-electron chi connectivity index (χ3n) is 4.96. The molecule has 17 heavy (non-hydrogen) atoms. The van der Waals surface area contributed by atoms with Crippen LogP contribution in [0.15, 0.2) is 0 Å². The van der Waals surface area contributed by atoms with Crippen molar-refractivity contribution in [3.63, 3.8) is 0 Å². The lowest BCUT2D eigenvalue weighted by Crippen LogP contribution is -2.62. The summed E-state index contributed by atoms with van der Waals surface area (Å²) in [6, 6.07) is -0.163. The van der Waals surface area contributed by atoms with Gasteiger partial charge in [-0.1, -0.05) is 25.7 Å². The van der Waals surface area contributed by atoms with Crippen LogP contribution in [-0.2, 0) is 4.79 Å². The lowest BCUT2D eigenvalue weighted by molar-refractivity contribution is -0.151. The normalized spacial score (nSPS) is 30.6. The van der Waals surface area contributed by atoms with Crippen molar-refractivity contribution < 1.29 is 9.90 Å². The Labute approximate surface area is 103 Å². The van der Waals surface area contributed by atoms with Gasteiger partial charge in [-0.3, -0.25) is 9.69 Å². The van der Waals surface area contributed by atoms with E-state index < -0.39 is 5.97 Å². The zero-order valence-corrected chi connectivity index (χ0v) is 10.5. The minimum Gasteiger partial charge on any atom is -0.480 e. The molecule has 0 bridgehead atoms. The zero-order chi connectivity index (χ0) is 11.9. The zero-order valence-electron chi connectivity index (χ0n) is 10.5. The Morgan fingerprint density at radius 3 is 2.18 bits per heavy atom. The van der Waals surface area contributed by atoms with Gasteiger partial charge in [-0.05, 0) is 37.0 Å². The van der Waals surface area contributed by atoms with Crippen LogP contribution >= 0.6 is 0 Å². The summed E-state index contributed by atoms with van der Waals surface area (Å²) in [7, 11) is 0. The summed E-state index contributed by atoms with van der Waals surface area (Å²) in [5, 5.41) is 9.32. The highest BCUT2D eigenvalue weighted by molar-refractivity contribution is 5.74. The molecule has 1 atom stereocenters. The molecule has 1 saturated heterocycles. The van der Waals surface area contributed by atoms with E-state index in [-0.39, 0.29) is 6.04 Å². The first-order chi connectivity index (χ1) is 8.20. The number of carboxylic acids is 1. The first kappa shape index (κ1) is 11.5. The van der Waals surface area contributed by atoms with Crippen molar-refractivity contribution in [2.45, 2.75) is 57.4 Å². The van der Waals surface area contributed by atoms with Crippen LogP contribution in [-0.4, -0.2) is 35.1 Å². The Bertz CT molecular complexity index is 295.